The van der Waals surface area contributed by atoms with Crippen molar-refractivity contribution in [1.82, 2.24) is 4.98 Å². The molecule has 0 atom stereocenters. The zero-order chi connectivity index (χ0) is 18.0. The molecule has 0 saturated carbocycles. The standard InChI is InChI=1S/C17H14N2O6/c1-2-24-17(23)18-10-7-12(21)16(22)19-15(10)14-8-11(20)9-5-3-4-6-13(9)25-14/h3-8,21H,2H2,1H3,(H,18,23)(H,19,22). The maximum absolute atomic E-state index is 12.2. The lowest BCUT2D eigenvalue weighted by atomic mass is 10.1. The van der Waals surface area contributed by atoms with E-state index in [-0.39, 0.29) is 29.2 Å². The number of aromatic nitrogens is 1. The second kappa shape index (κ2) is 6.52. The van der Waals surface area contributed by atoms with Gasteiger partial charge < -0.3 is 19.4 Å². The average molecular weight is 342 g/mol. The van der Waals surface area contributed by atoms with Crippen LogP contribution in [0.15, 0.2) is 45.6 Å². The van der Waals surface area contributed by atoms with Gasteiger partial charge in [0.25, 0.3) is 5.88 Å². The van der Waals surface area contributed by atoms with Crippen molar-refractivity contribution in [3.8, 4) is 23.1 Å². The summed E-state index contributed by atoms with van der Waals surface area (Å²) in [6.45, 7) is 1.78. The summed E-state index contributed by atoms with van der Waals surface area (Å²) >= 11 is 0. The summed E-state index contributed by atoms with van der Waals surface area (Å²) in [5.74, 6) is -1.19. The number of para-hydroxylation sites is 1. The Balaban J connectivity index is 2.17. The molecule has 8 heteroatoms. The number of nitrogens with zero attached hydrogens (tertiary/aromatic N) is 1. The molecule has 0 fully saturated rings. The van der Waals surface area contributed by atoms with Crippen LogP contribution in [0, 0.1) is 0 Å². The molecule has 0 unspecified atom stereocenters. The van der Waals surface area contributed by atoms with E-state index in [0.717, 1.165) is 6.07 Å². The lowest BCUT2D eigenvalue weighted by Crippen LogP contribution is -2.14. The Bertz CT molecular complexity index is 1010. The minimum atomic E-state index is -0.779. The van der Waals surface area contributed by atoms with E-state index in [4.69, 9.17) is 9.15 Å². The van der Waals surface area contributed by atoms with E-state index in [9.17, 15) is 19.8 Å². The molecule has 0 aliphatic heterocycles. The summed E-state index contributed by atoms with van der Waals surface area (Å²) in [5.41, 5.74) is 0.00753. The summed E-state index contributed by atoms with van der Waals surface area (Å²) in [4.78, 5) is 27.7. The highest BCUT2D eigenvalue weighted by Gasteiger charge is 2.18. The number of hydrogen-bond acceptors (Lipinski definition) is 7. The normalized spacial score (nSPS) is 10.6. The van der Waals surface area contributed by atoms with Crippen LogP contribution in [0.2, 0.25) is 0 Å². The molecule has 0 spiro atoms. The van der Waals surface area contributed by atoms with Crippen molar-refractivity contribution in [1.29, 1.82) is 0 Å². The Morgan fingerprint density at radius 2 is 2.04 bits per heavy atom. The van der Waals surface area contributed by atoms with Gasteiger partial charge in [0.15, 0.2) is 16.9 Å². The highest BCUT2D eigenvalue weighted by Crippen LogP contribution is 2.34. The number of pyridine rings is 1. The van der Waals surface area contributed by atoms with Gasteiger partial charge in [-0.25, -0.2) is 9.78 Å². The SMILES string of the molecule is CCOC(=O)Nc1cc(O)c(O)nc1-c1cc(=O)c2ccccc2o1. The van der Waals surface area contributed by atoms with Gasteiger partial charge in [-0.3, -0.25) is 10.1 Å². The number of anilines is 1. The summed E-state index contributed by atoms with van der Waals surface area (Å²) in [6.07, 6.45) is -0.779. The van der Waals surface area contributed by atoms with E-state index < -0.39 is 17.7 Å². The Morgan fingerprint density at radius 1 is 1.28 bits per heavy atom. The molecule has 1 aromatic carbocycles. The fourth-order valence-corrected chi connectivity index (χ4v) is 2.27. The summed E-state index contributed by atoms with van der Waals surface area (Å²) in [7, 11) is 0. The molecule has 3 N–H and O–H groups in total. The van der Waals surface area contributed by atoms with Gasteiger partial charge in [-0.2, -0.15) is 0 Å². The van der Waals surface area contributed by atoms with Crippen molar-refractivity contribution in [3.05, 3.63) is 46.6 Å². The molecule has 0 aliphatic carbocycles. The van der Waals surface area contributed by atoms with Crippen molar-refractivity contribution in [2.24, 2.45) is 0 Å². The van der Waals surface area contributed by atoms with E-state index in [1.807, 2.05) is 0 Å². The fourth-order valence-electron chi connectivity index (χ4n) is 2.27. The van der Waals surface area contributed by atoms with E-state index in [1.165, 1.54) is 6.07 Å². The van der Waals surface area contributed by atoms with Crippen LogP contribution >= 0.6 is 0 Å². The molecule has 3 aromatic rings. The number of rotatable bonds is 3. The van der Waals surface area contributed by atoms with Gasteiger partial charge >= 0.3 is 6.09 Å². The van der Waals surface area contributed by atoms with Crippen LogP contribution in [0.5, 0.6) is 11.6 Å². The number of ether oxygens (including phenoxy) is 1. The second-order valence-corrected chi connectivity index (χ2v) is 5.04. The lowest BCUT2D eigenvalue weighted by molar-refractivity contribution is 0.168. The second-order valence-electron chi connectivity index (χ2n) is 5.04. The first kappa shape index (κ1) is 16.3. The molecule has 2 heterocycles. The van der Waals surface area contributed by atoms with Crippen molar-refractivity contribution >= 4 is 22.7 Å². The third kappa shape index (κ3) is 3.23. The summed E-state index contributed by atoms with van der Waals surface area (Å²) in [6, 6.07) is 8.91. The number of carbonyl (C=O) groups is 1. The van der Waals surface area contributed by atoms with Crippen molar-refractivity contribution in [3.63, 3.8) is 0 Å². The van der Waals surface area contributed by atoms with Crippen LogP contribution in [0.4, 0.5) is 10.5 Å². The number of amides is 1. The first-order chi connectivity index (χ1) is 12.0. The Kier molecular flexibility index (Phi) is 4.25. The third-order valence-corrected chi connectivity index (χ3v) is 3.36. The number of benzene rings is 1. The van der Waals surface area contributed by atoms with E-state index in [2.05, 4.69) is 10.3 Å². The van der Waals surface area contributed by atoms with E-state index >= 15 is 0 Å². The lowest BCUT2D eigenvalue weighted by Gasteiger charge is -2.11. The molecule has 3 rings (SSSR count). The summed E-state index contributed by atoms with van der Waals surface area (Å²) in [5, 5.41) is 22.1. The smallest absolute Gasteiger partial charge is 0.411 e. The van der Waals surface area contributed by atoms with Crippen LogP contribution in [0.1, 0.15) is 6.92 Å². The molecule has 1 amide bonds. The maximum atomic E-state index is 12.2. The van der Waals surface area contributed by atoms with Crippen molar-refractivity contribution in [2.75, 3.05) is 11.9 Å². The molecule has 2 aromatic heterocycles. The largest absolute Gasteiger partial charge is 0.503 e. The first-order valence-corrected chi connectivity index (χ1v) is 7.39. The number of carbonyl (C=O) groups excluding carboxylic acids is 1. The molecular formula is C17H14N2O6. The molecule has 25 heavy (non-hydrogen) atoms. The molecule has 128 valence electrons. The highest BCUT2D eigenvalue weighted by molar-refractivity contribution is 5.90. The van der Waals surface area contributed by atoms with Gasteiger partial charge in [-0.05, 0) is 19.1 Å². The van der Waals surface area contributed by atoms with Crippen LogP contribution in [-0.4, -0.2) is 27.9 Å². The molecular weight excluding hydrogens is 328 g/mol. The molecule has 0 bridgehead atoms. The van der Waals surface area contributed by atoms with Crippen LogP contribution < -0.4 is 10.7 Å². The fraction of sp³-hybridized carbons (Fsp3) is 0.118. The molecule has 0 radical (unpaired) electrons. The Hall–Kier alpha value is -3.55. The monoisotopic (exact) mass is 342 g/mol. The van der Waals surface area contributed by atoms with Gasteiger partial charge in [0.1, 0.15) is 11.3 Å². The molecule has 0 aliphatic rings. The number of aromatic hydroxyl groups is 2. The maximum Gasteiger partial charge on any atom is 0.411 e. The Morgan fingerprint density at radius 3 is 2.80 bits per heavy atom. The first-order valence-electron chi connectivity index (χ1n) is 7.39. The summed E-state index contributed by atoms with van der Waals surface area (Å²) < 4.78 is 10.4. The number of fused-ring (bicyclic) bond motifs is 1. The third-order valence-electron chi connectivity index (χ3n) is 3.36. The zero-order valence-corrected chi connectivity index (χ0v) is 13.1. The van der Waals surface area contributed by atoms with Gasteiger partial charge in [0.2, 0.25) is 0 Å². The van der Waals surface area contributed by atoms with Gasteiger partial charge in [0.05, 0.1) is 17.7 Å². The Labute approximate surface area is 141 Å². The average Bonchev–Trinajstić information content (AvgIpc) is 2.58. The minimum Gasteiger partial charge on any atom is -0.503 e. The van der Waals surface area contributed by atoms with Gasteiger partial charge in [0, 0.05) is 12.1 Å². The van der Waals surface area contributed by atoms with E-state index in [0.29, 0.717) is 11.0 Å². The van der Waals surface area contributed by atoms with E-state index in [1.54, 1.807) is 31.2 Å². The van der Waals surface area contributed by atoms with Crippen molar-refractivity contribution in [2.45, 2.75) is 6.92 Å². The predicted molar refractivity (Wildman–Crippen MR) is 89.7 cm³/mol. The topological polar surface area (TPSA) is 122 Å². The number of nitrogens with one attached hydrogen (secondary N) is 1. The number of hydrogen-bond donors (Lipinski definition) is 3. The van der Waals surface area contributed by atoms with Gasteiger partial charge in [-0.1, -0.05) is 12.1 Å². The predicted octanol–water partition coefficient (Wildman–Crippen LogP) is 2.83. The van der Waals surface area contributed by atoms with Crippen LogP contribution in [-0.2, 0) is 4.74 Å². The molecule has 8 nitrogen and oxygen atoms in total. The zero-order valence-electron chi connectivity index (χ0n) is 13.1. The molecule has 0 saturated heterocycles. The minimum absolute atomic E-state index is 0.0193. The van der Waals surface area contributed by atoms with Crippen LogP contribution in [0.25, 0.3) is 22.4 Å². The van der Waals surface area contributed by atoms with Crippen LogP contribution in [0.3, 0.4) is 0 Å². The van der Waals surface area contributed by atoms with Gasteiger partial charge in [-0.15, -0.1) is 0 Å². The highest BCUT2D eigenvalue weighted by atomic mass is 16.5. The van der Waals surface area contributed by atoms with Crippen molar-refractivity contribution < 1.29 is 24.2 Å². The quantitative estimate of drug-likeness (QED) is 0.669.